The van der Waals surface area contributed by atoms with Crippen LogP contribution >= 0.6 is 0 Å². The summed E-state index contributed by atoms with van der Waals surface area (Å²) in [5, 5.41) is 10.5. The number of anilines is 6. The molecule has 0 saturated heterocycles. The van der Waals surface area contributed by atoms with Crippen LogP contribution in [-0.4, -0.2) is 8.07 Å². The Balaban J connectivity index is 1.04. The number of para-hydroxylation sites is 2. The molecule has 0 bridgehead atoms. The van der Waals surface area contributed by atoms with Crippen LogP contribution in [0.1, 0.15) is 25.0 Å². The van der Waals surface area contributed by atoms with E-state index in [-0.39, 0.29) is 5.41 Å². The third kappa shape index (κ3) is 5.60. The van der Waals surface area contributed by atoms with Gasteiger partial charge in [0.05, 0.1) is 17.1 Å². The minimum absolute atomic E-state index is 0.142. The summed E-state index contributed by atoms with van der Waals surface area (Å²) in [5.74, 6) is 0. The van der Waals surface area contributed by atoms with Crippen molar-refractivity contribution in [3.63, 3.8) is 0 Å². The number of fused-ring (bicyclic) bond motifs is 6. The molecule has 0 unspecified atom stereocenters. The molecule has 0 radical (unpaired) electrons. The Bertz CT molecular complexity index is 3720. The molecule has 0 saturated carbocycles. The fourth-order valence-corrected chi connectivity index (χ4v) is 14.9. The Morgan fingerprint density at radius 2 is 0.864 bits per heavy atom. The van der Waals surface area contributed by atoms with E-state index in [1.807, 2.05) is 0 Å². The predicted octanol–water partition coefficient (Wildman–Crippen LogP) is 16.3. The molecular weight excluding hydrogens is 813 g/mol. The minimum atomic E-state index is -1.93. The zero-order chi connectivity index (χ0) is 44.3. The van der Waals surface area contributed by atoms with Crippen molar-refractivity contribution in [2.75, 3.05) is 9.80 Å². The molecule has 13 rings (SSSR count). The highest BCUT2D eigenvalue weighted by atomic mass is 28.3. The number of nitrogens with zero attached hydrogens (tertiary/aromatic N) is 2. The average Bonchev–Trinajstić information content (AvgIpc) is 3.73. The maximum Gasteiger partial charge on any atom is 0.113 e. The van der Waals surface area contributed by atoms with Gasteiger partial charge in [0.2, 0.25) is 0 Å². The van der Waals surface area contributed by atoms with Gasteiger partial charge in [-0.1, -0.05) is 191 Å². The van der Waals surface area contributed by atoms with Crippen molar-refractivity contribution < 1.29 is 0 Å². The van der Waals surface area contributed by atoms with Gasteiger partial charge in [-0.25, -0.2) is 0 Å². The topological polar surface area (TPSA) is 6.48 Å². The Morgan fingerprint density at radius 3 is 1.58 bits per heavy atom. The molecule has 0 fully saturated rings. The molecule has 314 valence electrons. The first-order valence-electron chi connectivity index (χ1n) is 23.3. The van der Waals surface area contributed by atoms with Crippen molar-refractivity contribution in [1.82, 2.24) is 0 Å². The van der Waals surface area contributed by atoms with Crippen molar-refractivity contribution in [3.8, 4) is 33.4 Å². The van der Waals surface area contributed by atoms with Gasteiger partial charge in [-0.05, 0) is 125 Å². The molecule has 2 nitrogen and oxygen atoms in total. The van der Waals surface area contributed by atoms with E-state index in [0.29, 0.717) is 0 Å². The van der Waals surface area contributed by atoms with Gasteiger partial charge >= 0.3 is 0 Å². The molecule has 66 heavy (non-hydrogen) atoms. The summed E-state index contributed by atoms with van der Waals surface area (Å²) in [4.78, 5) is 5.02. The lowest BCUT2D eigenvalue weighted by Gasteiger charge is -2.31. The normalized spacial score (nSPS) is 14.0. The zero-order valence-electron chi connectivity index (χ0n) is 37.7. The van der Waals surface area contributed by atoms with Gasteiger partial charge in [-0.3, -0.25) is 0 Å². The van der Waals surface area contributed by atoms with E-state index in [1.165, 1.54) is 98.6 Å². The van der Waals surface area contributed by atoms with Crippen LogP contribution in [0, 0.1) is 0 Å². The summed E-state index contributed by atoms with van der Waals surface area (Å²) in [5.41, 5.74) is 17.4. The molecule has 1 aliphatic carbocycles. The van der Waals surface area contributed by atoms with Crippen LogP contribution in [0.5, 0.6) is 0 Å². The molecule has 0 N–H and O–H groups in total. The first-order valence-corrected chi connectivity index (χ1v) is 26.3. The van der Waals surface area contributed by atoms with Crippen LogP contribution in [0.4, 0.5) is 34.1 Å². The van der Waals surface area contributed by atoms with Crippen LogP contribution < -0.4 is 20.2 Å². The lowest BCUT2D eigenvalue weighted by Crippen LogP contribution is -2.49. The fourth-order valence-electron chi connectivity index (χ4n) is 11.8. The molecule has 1 heterocycles. The van der Waals surface area contributed by atoms with Crippen LogP contribution in [0.3, 0.4) is 0 Å². The van der Waals surface area contributed by atoms with Crippen molar-refractivity contribution in [1.29, 1.82) is 0 Å². The highest BCUT2D eigenvalue weighted by Gasteiger charge is 2.38. The lowest BCUT2D eigenvalue weighted by molar-refractivity contribution is 0.660. The molecule has 2 aliphatic rings. The van der Waals surface area contributed by atoms with E-state index in [1.54, 1.807) is 0 Å². The lowest BCUT2D eigenvalue weighted by atomic mass is 9.82. The summed E-state index contributed by atoms with van der Waals surface area (Å²) in [6.45, 7) is 9.76. The molecule has 11 aromatic rings. The van der Waals surface area contributed by atoms with Crippen LogP contribution in [0.2, 0.25) is 13.1 Å². The van der Waals surface area contributed by atoms with Gasteiger partial charge in [-0.15, -0.1) is 0 Å². The van der Waals surface area contributed by atoms with Crippen LogP contribution in [0.25, 0.3) is 65.7 Å². The van der Waals surface area contributed by atoms with Gasteiger partial charge in [-0.2, -0.15) is 0 Å². The second-order valence-corrected chi connectivity index (χ2v) is 23.6. The van der Waals surface area contributed by atoms with Gasteiger partial charge in [0.1, 0.15) is 8.07 Å². The van der Waals surface area contributed by atoms with Crippen molar-refractivity contribution in [2.45, 2.75) is 32.4 Å². The summed E-state index contributed by atoms with van der Waals surface area (Å²) in [7, 11) is -1.93. The fraction of sp³-hybridized carbons (Fsp3) is 0.0794. The van der Waals surface area contributed by atoms with Gasteiger partial charge in [0, 0.05) is 38.8 Å². The number of rotatable bonds is 7. The molecule has 3 heteroatoms. The van der Waals surface area contributed by atoms with E-state index < -0.39 is 8.07 Å². The molecule has 11 aromatic carbocycles. The molecule has 0 atom stereocenters. The van der Waals surface area contributed by atoms with Crippen molar-refractivity contribution in [3.05, 3.63) is 230 Å². The SMILES string of the molecule is CC1(C)c2ccccc2-c2ccc(N(c3ccccc3-c3ccccc3)c3ccc4ccc5c(N(c6ccccc6)c6ccc7c(c6)[Si](C)(C)c6ccccc6-7)ccc6ccc3c4c65)cc21. The summed E-state index contributed by atoms with van der Waals surface area (Å²) in [6, 6.07) is 81.8. The summed E-state index contributed by atoms with van der Waals surface area (Å²) < 4.78 is 0. The smallest absolute Gasteiger partial charge is 0.113 e. The Hall–Kier alpha value is -7.72. The Morgan fingerprint density at radius 1 is 0.348 bits per heavy atom. The second kappa shape index (κ2) is 14.4. The summed E-state index contributed by atoms with van der Waals surface area (Å²) in [6.07, 6.45) is 0. The molecule has 1 aliphatic heterocycles. The summed E-state index contributed by atoms with van der Waals surface area (Å²) >= 11 is 0. The predicted molar refractivity (Wildman–Crippen MR) is 285 cm³/mol. The number of hydrogen-bond acceptors (Lipinski definition) is 2. The number of hydrogen-bond donors (Lipinski definition) is 0. The van der Waals surface area contributed by atoms with Crippen LogP contribution in [0.15, 0.2) is 218 Å². The minimum Gasteiger partial charge on any atom is -0.310 e. The Labute approximate surface area is 388 Å². The van der Waals surface area contributed by atoms with Crippen molar-refractivity contribution >= 4 is 84.9 Å². The molecule has 0 spiro atoms. The van der Waals surface area contributed by atoms with Gasteiger partial charge in [0.25, 0.3) is 0 Å². The molecular formula is C63H48N2Si. The van der Waals surface area contributed by atoms with Gasteiger partial charge < -0.3 is 9.80 Å². The third-order valence-corrected chi connectivity index (χ3v) is 18.5. The standard InChI is InChI=1S/C63H48N2Si/c1-63(2)54-24-14-11-22-48(54)49-35-31-45(39-55(49)63)65(56-25-15-12-21-47(56)41-17-7-5-8-18-41)58-38-30-43-27-33-52-57(37-29-42-28-34-53(58)62(43)61(42)52)64(44-19-9-6-10-20-44)46-32-36-51-50-23-13-16-26-59(50)66(3,4)60(51)40-46/h5-40H,1-4H3. The van der Waals surface area contributed by atoms with E-state index in [9.17, 15) is 0 Å². The largest absolute Gasteiger partial charge is 0.310 e. The highest BCUT2D eigenvalue weighted by Crippen LogP contribution is 2.53. The molecule has 0 aromatic heterocycles. The quantitative estimate of drug-likeness (QED) is 0.116. The maximum atomic E-state index is 2.53. The maximum absolute atomic E-state index is 2.53. The first kappa shape index (κ1) is 38.7. The monoisotopic (exact) mass is 860 g/mol. The average molecular weight is 861 g/mol. The zero-order valence-corrected chi connectivity index (χ0v) is 38.7. The first-order chi connectivity index (χ1) is 32.3. The Kier molecular flexibility index (Phi) is 8.44. The van der Waals surface area contributed by atoms with Gasteiger partial charge in [0.15, 0.2) is 0 Å². The second-order valence-electron chi connectivity index (χ2n) is 19.3. The van der Waals surface area contributed by atoms with Crippen LogP contribution in [-0.2, 0) is 5.41 Å². The number of benzene rings is 11. The van der Waals surface area contributed by atoms with Crippen molar-refractivity contribution in [2.24, 2.45) is 0 Å². The molecule has 0 amide bonds. The van der Waals surface area contributed by atoms with E-state index >= 15 is 0 Å². The van der Waals surface area contributed by atoms with E-state index in [2.05, 4.69) is 255 Å². The highest BCUT2D eigenvalue weighted by molar-refractivity contribution is 7.03. The third-order valence-electron chi connectivity index (χ3n) is 15.0. The van der Waals surface area contributed by atoms with E-state index in [4.69, 9.17) is 0 Å². The van der Waals surface area contributed by atoms with E-state index in [0.717, 1.165) is 22.7 Å².